The van der Waals surface area contributed by atoms with E-state index in [1.807, 2.05) is 13.8 Å². The summed E-state index contributed by atoms with van der Waals surface area (Å²) in [5.41, 5.74) is 0.749. The van der Waals surface area contributed by atoms with Crippen LogP contribution in [0.2, 0.25) is 0 Å². The number of carboxylic acid groups (broad SMARTS) is 1. The molecule has 1 heterocycles. The molecular weight excluding hydrogens is 252 g/mol. The number of fused-ring (bicyclic) bond motifs is 1. The molecule has 2 N–H and O–H groups in total. The lowest BCUT2D eigenvalue weighted by atomic mass is 10.1. The summed E-state index contributed by atoms with van der Waals surface area (Å²) in [6, 6.07) is 0.180. The fourth-order valence-corrected chi connectivity index (χ4v) is 3.23. The summed E-state index contributed by atoms with van der Waals surface area (Å²) in [5.74, 6) is -1.19. The van der Waals surface area contributed by atoms with Crippen molar-refractivity contribution in [3.05, 3.63) is 10.6 Å². The van der Waals surface area contributed by atoms with Gasteiger partial charge in [0.2, 0.25) is 0 Å². The van der Waals surface area contributed by atoms with Crippen LogP contribution < -0.4 is 5.32 Å². The monoisotopic (exact) mass is 270 g/mol. The predicted molar refractivity (Wildman–Crippen MR) is 70.4 cm³/mol. The Morgan fingerprint density at radius 1 is 1.72 bits per heavy atom. The van der Waals surface area contributed by atoms with Gasteiger partial charge >= 0.3 is 5.97 Å². The topological polar surface area (TPSA) is 71.5 Å². The van der Waals surface area contributed by atoms with Gasteiger partial charge in [0.25, 0.3) is 0 Å². The lowest BCUT2D eigenvalue weighted by molar-refractivity contribution is -0.138. The number of aromatic nitrogens is 1. The molecule has 0 spiro atoms. The summed E-state index contributed by atoms with van der Waals surface area (Å²) in [4.78, 5) is 16.6. The van der Waals surface area contributed by atoms with E-state index in [0.29, 0.717) is 19.6 Å². The minimum absolute atomic E-state index is 0.180. The van der Waals surface area contributed by atoms with Gasteiger partial charge in [0.1, 0.15) is 5.92 Å². The zero-order chi connectivity index (χ0) is 13.1. The molecule has 0 aromatic carbocycles. The minimum atomic E-state index is -0.770. The summed E-state index contributed by atoms with van der Waals surface area (Å²) < 4.78 is 5.32. The summed E-state index contributed by atoms with van der Waals surface area (Å²) in [6.07, 6.45) is 1.50. The Labute approximate surface area is 110 Å². The maximum absolute atomic E-state index is 11.1. The number of aryl methyl sites for hydroxylation is 1. The van der Waals surface area contributed by atoms with E-state index >= 15 is 0 Å². The highest BCUT2D eigenvalue weighted by molar-refractivity contribution is 7.15. The molecule has 1 aromatic heterocycles. The molecule has 2 unspecified atom stereocenters. The number of aliphatic carboxylic acids is 1. The third kappa shape index (κ3) is 2.81. The molecule has 6 heteroatoms. The predicted octanol–water partition coefficient (Wildman–Crippen LogP) is 2.09. The van der Waals surface area contributed by atoms with E-state index < -0.39 is 11.9 Å². The first-order valence-electron chi connectivity index (χ1n) is 6.18. The number of carboxylic acids is 1. The van der Waals surface area contributed by atoms with Gasteiger partial charge in [0.05, 0.1) is 12.3 Å². The van der Waals surface area contributed by atoms with Crippen LogP contribution in [0.3, 0.4) is 0 Å². The Morgan fingerprint density at radius 2 is 2.50 bits per heavy atom. The maximum Gasteiger partial charge on any atom is 0.312 e. The van der Waals surface area contributed by atoms with Crippen LogP contribution in [0.4, 0.5) is 5.13 Å². The van der Waals surface area contributed by atoms with Gasteiger partial charge in [-0.3, -0.25) is 4.79 Å². The SMILES string of the molecule is CCOCC(C)Nc1nc2c(s1)CCC2C(=O)O. The fourth-order valence-electron chi connectivity index (χ4n) is 2.08. The number of anilines is 1. The summed E-state index contributed by atoms with van der Waals surface area (Å²) in [7, 11) is 0. The van der Waals surface area contributed by atoms with Crippen LogP contribution in [0.1, 0.15) is 36.8 Å². The summed E-state index contributed by atoms with van der Waals surface area (Å²) in [6.45, 7) is 5.31. The average molecular weight is 270 g/mol. The quantitative estimate of drug-likeness (QED) is 0.828. The number of ether oxygens (including phenoxy) is 1. The summed E-state index contributed by atoms with van der Waals surface area (Å²) >= 11 is 1.56. The zero-order valence-electron chi connectivity index (χ0n) is 10.6. The van der Waals surface area contributed by atoms with E-state index in [1.165, 1.54) is 0 Å². The van der Waals surface area contributed by atoms with Gasteiger partial charge in [-0.25, -0.2) is 4.98 Å². The minimum Gasteiger partial charge on any atom is -0.481 e. The highest BCUT2D eigenvalue weighted by atomic mass is 32.1. The van der Waals surface area contributed by atoms with E-state index in [1.54, 1.807) is 11.3 Å². The van der Waals surface area contributed by atoms with Crippen LogP contribution in [0.25, 0.3) is 0 Å². The van der Waals surface area contributed by atoms with Gasteiger partial charge in [-0.05, 0) is 26.7 Å². The Balaban J connectivity index is 2.00. The van der Waals surface area contributed by atoms with E-state index in [4.69, 9.17) is 9.84 Å². The molecule has 0 bridgehead atoms. The van der Waals surface area contributed by atoms with Gasteiger partial charge in [-0.15, -0.1) is 11.3 Å². The molecule has 2 atom stereocenters. The number of carbonyl (C=O) groups is 1. The third-order valence-corrected chi connectivity index (χ3v) is 4.02. The molecule has 2 rings (SSSR count). The molecule has 0 radical (unpaired) electrons. The van der Waals surface area contributed by atoms with E-state index in [0.717, 1.165) is 22.1 Å². The van der Waals surface area contributed by atoms with Gasteiger partial charge in [-0.2, -0.15) is 0 Å². The molecular formula is C12H18N2O3S. The third-order valence-electron chi connectivity index (χ3n) is 2.96. The van der Waals surface area contributed by atoms with Crippen LogP contribution in [0, 0.1) is 0 Å². The molecule has 0 saturated carbocycles. The molecule has 5 nitrogen and oxygen atoms in total. The maximum atomic E-state index is 11.1. The van der Waals surface area contributed by atoms with Crippen molar-refractivity contribution in [3.63, 3.8) is 0 Å². The number of hydrogen-bond donors (Lipinski definition) is 2. The highest BCUT2D eigenvalue weighted by Gasteiger charge is 2.32. The smallest absolute Gasteiger partial charge is 0.312 e. The zero-order valence-corrected chi connectivity index (χ0v) is 11.4. The number of thiazole rings is 1. The lowest BCUT2D eigenvalue weighted by Crippen LogP contribution is -2.21. The average Bonchev–Trinajstić information content (AvgIpc) is 2.84. The van der Waals surface area contributed by atoms with Gasteiger partial charge in [0, 0.05) is 17.5 Å². The van der Waals surface area contributed by atoms with Crippen molar-refractivity contribution in [3.8, 4) is 0 Å². The second-order valence-electron chi connectivity index (χ2n) is 4.46. The van der Waals surface area contributed by atoms with E-state index in [-0.39, 0.29) is 6.04 Å². The van der Waals surface area contributed by atoms with Crippen molar-refractivity contribution in [2.24, 2.45) is 0 Å². The Morgan fingerprint density at radius 3 is 3.17 bits per heavy atom. The number of nitrogens with zero attached hydrogens (tertiary/aromatic N) is 1. The lowest BCUT2D eigenvalue weighted by Gasteiger charge is -2.12. The molecule has 100 valence electrons. The van der Waals surface area contributed by atoms with Crippen LogP contribution in [0.5, 0.6) is 0 Å². The Hall–Kier alpha value is -1.14. The van der Waals surface area contributed by atoms with Crippen LogP contribution in [0.15, 0.2) is 0 Å². The Bertz CT molecular complexity index is 433. The second kappa shape index (κ2) is 5.67. The molecule has 1 aliphatic carbocycles. The largest absolute Gasteiger partial charge is 0.481 e. The molecule has 0 saturated heterocycles. The summed E-state index contributed by atoms with van der Waals surface area (Å²) in [5, 5.41) is 13.2. The standard InChI is InChI=1S/C12H18N2O3S/c1-3-17-6-7(2)13-12-14-10-8(11(15)16)4-5-9(10)18-12/h7-8H,3-6H2,1-2H3,(H,13,14)(H,15,16). The van der Waals surface area contributed by atoms with Crippen molar-refractivity contribution >= 4 is 22.4 Å². The molecule has 18 heavy (non-hydrogen) atoms. The normalized spacial score (nSPS) is 19.6. The molecule has 1 aromatic rings. The van der Waals surface area contributed by atoms with Crippen LogP contribution in [-0.2, 0) is 16.0 Å². The van der Waals surface area contributed by atoms with Crippen molar-refractivity contribution in [1.82, 2.24) is 4.98 Å². The van der Waals surface area contributed by atoms with Gasteiger partial charge in [0.15, 0.2) is 5.13 Å². The van der Waals surface area contributed by atoms with Gasteiger partial charge < -0.3 is 15.2 Å². The first-order valence-corrected chi connectivity index (χ1v) is 7.00. The molecule has 0 amide bonds. The van der Waals surface area contributed by atoms with Crippen molar-refractivity contribution in [2.45, 2.75) is 38.6 Å². The first-order chi connectivity index (χ1) is 8.61. The molecule has 0 aliphatic heterocycles. The van der Waals surface area contributed by atoms with Crippen LogP contribution in [-0.4, -0.2) is 35.3 Å². The number of hydrogen-bond acceptors (Lipinski definition) is 5. The molecule has 0 fully saturated rings. The Kier molecular flexibility index (Phi) is 4.19. The van der Waals surface area contributed by atoms with Gasteiger partial charge in [-0.1, -0.05) is 0 Å². The number of nitrogens with one attached hydrogen (secondary N) is 1. The highest BCUT2D eigenvalue weighted by Crippen LogP contribution is 2.38. The van der Waals surface area contributed by atoms with Crippen LogP contribution >= 0.6 is 11.3 Å². The van der Waals surface area contributed by atoms with Crippen molar-refractivity contribution in [2.75, 3.05) is 18.5 Å². The van der Waals surface area contributed by atoms with E-state index in [9.17, 15) is 4.79 Å². The first kappa shape index (κ1) is 13.3. The van der Waals surface area contributed by atoms with E-state index in [2.05, 4.69) is 10.3 Å². The number of rotatable bonds is 6. The molecule has 1 aliphatic rings. The van der Waals surface area contributed by atoms with Crippen molar-refractivity contribution < 1.29 is 14.6 Å². The van der Waals surface area contributed by atoms with Crippen molar-refractivity contribution in [1.29, 1.82) is 0 Å². The second-order valence-corrected chi connectivity index (χ2v) is 5.55. The fraction of sp³-hybridized carbons (Fsp3) is 0.667.